The van der Waals surface area contributed by atoms with Crippen LogP contribution in [0.4, 0.5) is 29.1 Å². The SMILES string of the molecule is COC(C)(C)Oc1cc(F)c(-c2cc(Cn3cnc4c(N)ncnc43)c(N3CCC[C@](N)([C@H](O)C(F)F)C3)cn2)cc1F. The third-order valence-electron chi connectivity index (χ3n) is 7.60. The van der Waals surface area contributed by atoms with Crippen molar-refractivity contribution in [2.45, 2.75) is 57.1 Å². The molecule has 3 aromatic heterocycles. The number of nitrogens with zero attached hydrogens (tertiary/aromatic N) is 6. The van der Waals surface area contributed by atoms with Crippen molar-refractivity contribution >= 4 is 22.7 Å². The summed E-state index contributed by atoms with van der Waals surface area (Å²) in [6.45, 7) is 3.58. The van der Waals surface area contributed by atoms with Crippen LogP contribution >= 0.6 is 0 Å². The number of aromatic nitrogens is 5. The molecule has 43 heavy (non-hydrogen) atoms. The van der Waals surface area contributed by atoms with Gasteiger partial charge >= 0.3 is 0 Å². The Morgan fingerprint density at radius 3 is 2.60 bits per heavy atom. The lowest BCUT2D eigenvalue weighted by atomic mass is 9.84. The molecule has 4 aromatic rings. The minimum Gasteiger partial charge on any atom is -0.460 e. The molecule has 1 aromatic carbocycles. The molecule has 15 heteroatoms. The molecule has 0 saturated carbocycles. The van der Waals surface area contributed by atoms with Gasteiger partial charge in [-0.3, -0.25) is 4.98 Å². The van der Waals surface area contributed by atoms with Gasteiger partial charge in [0, 0.05) is 45.7 Å². The first-order valence-corrected chi connectivity index (χ1v) is 13.5. The summed E-state index contributed by atoms with van der Waals surface area (Å²) in [5.41, 5.74) is 12.5. The fourth-order valence-electron chi connectivity index (χ4n) is 5.17. The number of fused-ring (bicyclic) bond motifs is 1. The Kier molecular flexibility index (Phi) is 8.15. The Labute approximate surface area is 244 Å². The fourth-order valence-corrected chi connectivity index (χ4v) is 5.17. The minimum absolute atomic E-state index is 0.0867. The quantitative estimate of drug-likeness (QED) is 0.191. The number of benzene rings is 1. The number of anilines is 2. The van der Waals surface area contributed by atoms with Gasteiger partial charge in [0.15, 0.2) is 23.0 Å². The van der Waals surface area contributed by atoms with Crippen molar-refractivity contribution in [3.05, 3.63) is 54.2 Å². The second-order valence-corrected chi connectivity index (χ2v) is 11.0. The predicted molar refractivity (Wildman–Crippen MR) is 151 cm³/mol. The number of methoxy groups -OCH3 is 1. The Bertz CT molecular complexity index is 1640. The molecular formula is C28H32F4N8O3. The van der Waals surface area contributed by atoms with E-state index in [-0.39, 0.29) is 42.3 Å². The zero-order valence-electron chi connectivity index (χ0n) is 23.8. The molecule has 11 nitrogen and oxygen atoms in total. The number of pyridine rings is 1. The molecule has 1 saturated heterocycles. The number of piperidine rings is 1. The Morgan fingerprint density at radius 2 is 1.88 bits per heavy atom. The molecule has 230 valence electrons. The van der Waals surface area contributed by atoms with Crippen molar-refractivity contribution in [2.24, 2.45) is 5.73 Å². The van der Waals surface area contributed by atoms with E-state index in [1.807, 2.05) is 0 Å². The lowest BCUT2D eigenvalue weighted by molar-refractivity contribution is -0.135. The molecule has 0 radical (unpaired) electrons. The van der Waals surface area contributed by atoms with E-state index in [0.29, 0.717) is 35.4 Å². The van der Waals surface area contributed by atoms with Gasteiger partial charge < -0.3 is 35.5 Å². The molecule has 2 atom stereocenters. The van der Waals surface area contributed by atoms with E-state index in [1.54, 1.807) is 29.4 Å². The Hall–Kier alpha value is -4.08. The Balaban J connectivity index is 1.58. The van der Waals surface area contributed by atoms with Gasteiger partial charge in [0.2, 0.25) is 5.79 Å². The predicted octanol–water partition coefficient (Wildman–Crippen LogP) is 3.48. The summed E-state index contributed by atoms with van der Waals surface area (Å²) in [6, 6.07) is 3.47. The van der Waals surface area contributed by atoms with Crippen molar-refractivity contribution in [1.29, 1.82) is 0 Å². The van der Waals surface area contributed by atoms with E-state index in [1.165, 1.54) is 26.0 Å². The fraction of sp³-hybridized carbons (Fsp3) is 0.429. The van der Waals surface area contributed by atoms with Gasteiger partial charge in [-0.1, -0.05) is 0 Å². The molecule has 5 N–H and O–H groups in total. The van der Waals surface area contributed by atoms with E-state index >= 15 is 8.78 Å². The summed E-state index contributed by atoms with van der Waals surface area (Å²) >= 11 is 0. The van der Waals surface area contributed by atoms with Crippen LogP contribution in [0.1, 0.15) is 32.3 Å². The third kappa shape index (κ3) is 6.05. The van der Waals surface area contributed by atoms with Crippen molar-refractivity contribution in [3.8, 4) is 17.0 Å². The van der Waals surface area contributed by atoms with E-state index in [0.717, 1.165) is 12.1 Å². The zero-order chi connectivity index (χ0) is 31.1. The van der Waals surface area contributed by atoms with Crippen molar-refractivity contribution < 1.29 is 32.1 Å². The van der Waals surface area contributed by atoms with Gasteiger partial charge in [-0.15, -0.1) is 0 Å². The second kappa shape index (κ2) is 11.5. The van der Waals surface area contributed by atoms with E-state index < -0.39 is 35.5 Å². The second-order valence-electron chi connectivity index (χ2n) is 11.0. The number of nitrogens with two attached hydrogens (primary N) is 2. The first kappa shape index (κ1) is 30.4. The molecular weight excluding hydrogens is 572 g/mol. The number of aliphatic hydroxyl groups is 1. The highest BCUT2D eigenvalue weighted by atomic mass is 19.3. The van der Waals surface area contributed by atoms with Crippen LogP contribution in [0.15, 0.2) is 37.1 Å². The summed E-state index contributed by atoms with van der Waals surface area (Å²) < 4.78 is 69.7. The number of nitrogen functional groups attached to an aromatic ring is 1. The number of hydrogen-bond donors (Lipinski definition) is 3. The van der Waals surface area contributed by atoms with Crippen molar-refractivity contribution in [3.63, 3.8) is 0 Å². The highest BCUT2D eigenvalue weighted by molar-refractivity contribution is 5.81. The van der Waals surface area contributed by atoms with Crippen LogP contribution in [0.3, 0.4) is 0 Å². The van der Waals surface area contributed by atoms with Gasteiger partial charge in [0.05, 0.1) is 36.0 Å². The van der Waals surface area contributed by atoms with Crippen LogP contribution in [0.25, 0.3) is 22.4 Å². The molecule has 5 rings (SSSR count). The number of aliphatic hydroxyl groups excluding tert-OH is 1. The maximum Gasteiger partial charge on any atom is 0.265 e. The topological polar surface area (TPSA) is 150 Å². The monoisotopic (exact) mass is 604 g/mol. The van der Waals surface area contributed by atoms with Gasteiger partial charge in [-0.2, -0.15) is 0 Å². The van der Waals surface area contributed by atoms with Crippen molar-refractivity contribution in [1.82, 2.24) is 24.5 Å². The number of rotatable bonds is 9. The van der Waals surface area contributed by atoms with Crippen LogP contribution in [-0.4, -0.2) is 73.7 Å². The molecule has 0 unspecified atom stereocenters. The van der Waals surface area contributed by atoms with E-state index in [4.69, 9.17) is 20.9 Å². The molecule has 1 aliphatic heterocycles. The molecule has 1 fully saturated rings. The number of halogens is 4. The maximum absolute atomic E-state index is 15.4. The van der Waals surface area contributed by atoms with Gasteiger partial charge in [-0.05, 0) is 30.5 Å². The summed E-state index contributed by atoms with van der Waals surface area (Å²) in [7, 11) is 1.38. The first-order valence-electron chi connectivity index (χ1n) is 13.5. The molecule has 0 spiro atoms. The number of alkyl halides is 2. The minimum atomic E-state index is -3.02. The van der Waals surface area contributed by atoms with E-state index in [2.05, 4.69) is 19.9 Å². The highest BCUT2D eigenvalue weighted by Gasteiger charge is 2.43. The van der Waals surface area contributed by atoms with Gasteiger partial charge in [0.25, 0.3) is 6.43 Å². The highest BCUT2D eigenvalue weighted by Crippen LogP contribution is 2.35. The molecule has 1 aliphatic rings. The van der Waals surface area contributed by atoms with Crippen LogP contribution in [-0.2, 0) is 11.3 Å². The lowest BCUT2D eigenvalue weighted by Gasteiger charge is -2.44. The van der Waals surface area contributed by atoms with Crippen LogP contribution in [0.5, 0.6) is 5.75 Å². The third-order valence-corrected chi connectivity index (χ3v) is 7.60. The maximum atomic E-state index is 15.4. The van der Waals surface area contributed by atoms with E-state index in [9.17, 15) is 13.9 Å². The molecule has 0 amide bonds. The zero-order valence-corrected chi connectivity index (χ0v) is 23.8. The summed E-state index contributed by atoms with van der Waals surface area (Å²) in [5.74, 6) is -2.97. The largest absolute Gasteiger partial charge is 0.460 e. The Morgan fingerprint density at radius 1 is 1.12 bits per heavy atom. The van der Waals surface area contributed by atoms with Gasteiger partial charge in [-0.25, -0.2) is 32.5 Å². The number of hydrogen-bond acceptors (Lipinski definition) is 10. The van der Waals surface area contributed by atoms with Gasteiger partial charge in [0.1, 0.15) is 23.8 Å². The number of ether oxygens (including phenoxy) is 2. The number of imidazole rings is 1. The average Bonchev–Trinajstić information content (AvgIpc) is 3.38. The normalized spacial score (nSPS) is 18.4. The first-order chi connectivity index (χ1) is 20.3. The molecule has 0 bridgehead atoms. The molecule has 0 aliphatic carbocycles. The standard InChI is InChI=1S/C28H32F4N8O3/c1-27(2,42-3)43-21-9-17(29)16(8-18(21)30)19-7-15(11-40-14-38-22-25(33)36-13-37-26(22)40)20(10-35-19)39-6-4-5-28(34,12-39)23(41)24(31)32/h7-10,13-14,23-24,41H,4-6,11-12,34H2,1-3H3,(H2,33,36,37)/t23-,28-/m1/s1. The van der Waals surface area contributed by atoms with Crippen LogP contribution < -0.4 is 21.1 Å². The van der Waals surface area contributed by atoms with Crippen LogP contribution in [0, 0.1) is 11.6 Å². The summed E-state index contributed by atoms with van der Waals surface area (Å²) in [5, 5.41) is 10.2. The van der Waals surface area contributed by atoms with Crippen LogP contribution in [0.2, 0.25) is 0 Å². The average molecular weight is 605 g/mol. The lowest BCUT2D eigenvalue weighted by Crippen LogP contribution is -2.63. The summed E-state index contributed by atoms with van der Waals surface area (Å²) in [6.07, 6.45) is -0.192. The summed E-state index contributed by atoms with van der Waals surface area (Å²) in [4.78, 5) is 18.7. The molecule has 4 heterocycles. The smallest absolute Gasteiger partial charge is 0.265 e. The van der Waals surface area contributed by atoms with Crippen molar-refractivity contribution in [2.75, 3.05) is 30.8 Å².